The summed E-state index contributed by atoms with van der Waals surface area (Å²) < 4.78 is 1.71. The topological polar surface area (TPSA) is 88.9 Å². The monoisotopic (exact) mass is 475 g/mol. The lowest BCUT2D eigenvalue weighted by atomic mass is 9.91. The highest BCUT2D eigenvalue weighted by Gasteiger charge is 2.28. The van der Waals surface area contributed by atoms with Gasteiger partial charge < -0.3 is 10.6 Å². The zero-order valence-corrected chi connectivity index (χ0v) is 19.9. The minimum absolute atomic E-state index is 0.0226. The second kappa shape index (κ2) is 10.5. The van der Waals surface area contributed by atoms with Crippen LogP contribution in [-0.2, 0) is 4.79 Å². The summed E-state index contributed by atoms with van der Waals surface area (Å²) in [5.74, 6) is 6.28. The maximum atomic E-state index is 13.1. The van der Waals surface area contributed by atoms with E-state index in [4.69, 9.17) is 11.6 Å². The fourth-order valence-electron chi connectivity index (χ4n) is 4.19. The van der Waals surface area contributed by atoms with E-state index >= 15 is 0 Å². The highest BCUT2D eigenvalue weighted by Crippen LogP contribution is 2.31. The minimum Gasteiger partial charge on any atom is -0.354 e. The second-order valence-electron chi connectivity index (χ2n) is 8.45. The van der Waals surface area contributed by atoms with Gasteiger partial charge in [0.1, 0.15) is 11.5 Å². The summed E-state index contributed by atoms with van der Waals surface area (Å²) in [5, 5.41) is 10.5. The van der Waals surface area contributed by atoms with Crippen molar-refractivity contribution in [3.8, 4) is 11.8 Å². The number of anilines is 1. The van der Waals surface area contributed by atoms with Gasteiger partial charge in [-0.05, 0) is 56.4 Å². The van der Waals surface area contributed by atoms with Crippen molar-refractivity contribution < 1.29 is 9.59 Å². The van der Waals surface area contributed by atoms with Crippen molar-refractivity contribution in [1.82, 2.24) is 20.1 Å². The van der Waals surface area contributed by atoms with Gasteiger partial charge in [0.15, 0.2) is 0 Å². The van der Waals surface area contributed by atoms with Crippen LogP contribution in [0.4, 0.5) is 5.82 Å². The van der Waals surface area contributed by atoms with Crippen molar-refractivity contribution >= 4 is 29.2 Å². The number of carbonyl (C=O) groups is 2. The first kappa shape index (κ1) is 23.5. The molecule has 0 atom stereocenters. The van der Waals surface area contributed by atoms with Crippen LogP contribution in [0.3, 0.4) is 0 Å². The molecule has 1 fully saturated rings. The fourth-order valence-corrected chi connectivity index (χ4v) is 4.41. The molecule has 2 amide bonds. The van der Waals surface area contributed by atoms with Gasteiger partial charge in [0.25, 0.3) is 5.91 Å². The van der Waals surface area contributed by atoms with Crippen LogP contribution in [0.2, 0.25) is 5.02 Å². The van der Waals surface area contributed by atoms with E-state index in [2.05, 4.69) is 32.6 Å². The molecule has 7 nitrogen and oxygen atoms in total. The Balaban J connectivity index is 1.46. The zero-order valence-electron chi connectivity index (χ0n) is 19.1. The third kappa shape index (κ3) is 5.64. The Morgan fingerprint density at radius 1 is 1.06 bits per heavy atom. The molecule has 4 rings (SSSR count). The van der Waals surface area contributed by atoms with Crippen molar-refractivity contribution in [2.45, 2.75) is 51.6 Å². The molecule has 34 heavy (non-hydrogen) atoms. The minimum atomic E-state index is -0.356. The molecule has 1 aliphatic carbocycles. The summed E-state index contributed by atoms with van der Waals surface area (Å²) in [5.41, 5.74) is 2.80. The molecule has 2 N–H and O–H groups in total. The van der Waals surface area contributed by atoms with E-state index in [1.807, 2.05) is 43.3 Å². The van der Waals surface area contributed by atoms with Crippen LogP contribution >= 0.6 is 11.6 Å². The van der Waals surface area contributed by atoms with Crippen molar-refractivity contribution in [1.29, 1.82) is 0 Å². The maximum Gasteiger partial charge on any atom is 0.276 e. The fraction of sp³-hybridized carbons (Fsp3) is 0.308. The number of carbonyl (C=O) groups excluding carboxylic acids is 2. The molecule has 2 heterocycles. The number of pyridine rings is 1. The number of nitrogens with zero attached hydrogens (tertiary/aromatic N) is 3. The first-order valence-corrected chi connectivity index (χ1v) is 11.6. The summed E-state index contributed by atoms with van der Waals surface area (Å²) in [6.07, 6.45) is 6.40. The molecule has 0 saturated heterocycles. The molecule has 174 valence electrons. The van der Waals surface area contributed by atoms with Gasteiger partial charge in [-0.2, -0.15) is 5.10 Å². The van der Waals surface area contributed by atoms with Crippen molar-refractivity contribution in [2.75, 3.05) is 5.32 Å². The van der Waals surface area contributed by atoms with Gasteiger partial charge in [0.2, 0.25) is 5.91 Å². The average Bonchev–Trinajstić information content (AvgIpc) is 3.21. The van der Waals surface area contributed by atoms with Crippen molar-refractivity contribution in [3.63, 3.8) is 0 Å². The molecule has 0 spiro atoms. The highest BCUT2D eigenvalue weighted by molar-refractivity contribution is 6.34. The number of rotatable bonds is 4. The lowest BCUT2D eigenvalue weighted by molar-refractivity contribution is -0.119. The second-order valence-corrected chi connectivity index (χ2v) is 8.86. The molecule has 0 aliphatic heterocycles. The Labute approximate surface area is 203 Å². The van der Waals surface area contributed by atoms with Crippen LogP contribution in [-0.4, -0.2) is 32.6 Å². The Bertz CT molecular complexity index is 1250. The molecule has 8 heteroatoms. The van der Waals surface area contributed by atoms with Gasteiger partial charge in [0.05, 0.1) is 17.3 Å². The van der Waals surface area contributed by atoms with E-state index in [1.165, 1.54) is 13.1 Å². The van der Waals surface area contributed by atoms with Gasteiger partial charge in [-0.1, -0.05) is 41.6 Å². The highest BCUT2D eigenvalue weighted by atomic mass is 35.5. The van der Waals surface area contributed by atoms with E-state index in [9.17, 15) is 9.59 Å². The molecule has 1 saturated carbocycles. The van der Waals surface area contributed by atoms with Crippen LogP contribution in [0, 0.1) is 18.8 Å². The number of hydrogen-bond acceptors (Lipinski definition) is 4. The Hall–Kier alpha value is -3.63. The molecule has 1 aliphatic rings. The smallest absolute Gasteiger partial charge is 0.276 e. The number of aromatic nitrogens is 3. The SMILES string of the molecule is CC(=O)NC1CCC(n2ncc(Cl)c2C(=O)Nc2ncc(C#Cc3ccccc3)cc2C)CC1. The summed E-state index contributed by atoms with van der Waals surface area (Å²) in [6, 6.07) is 11.8. The number of benzene rings is 1. The van der Waals surface area contributed by atoms with Gasteiger partial charge in [0, 0.05) is 30.3 Å². The summed E-state index contributed by atoms with van der Waals surface area (Å²) in [4.78, 5) is 28.9. The predicted octanol–water partition coefficient (Wildman–Crippen LogP) is 4.51. The summed E-state index contributed by atoms with van der Waals surface area (Å²) >= 11 is 6.35. The normalized spacial score (nSPS) is 17.4. The Morgan fingerprint density at radius 3 is 2.44 bits per heavy atom. The van der Waals surface area contributed by atoms with Gasteiger partial charge in [-0.15, -0.1) is 0 Å². The molecule has 0 bridgehead atoms. The Kier molecular flexibility index (Phi) is 7.29. The van der Waals surface area contributed by atoms with Crippen molar-refractivity contribution in [3.05, 3.63) is 76.2 Å². The number of amides is 2. The predicted molar refractivity (Wildman–Crippen MR) is 132 cm³/mol. The first-order chi connectivity index (χ1) is 16.4. The third-order valence-corrected chi connectivity index (χ3v) is 6.13. The van der Waals surface area contributed by atoms with Crippen LogP contribution < -0.4 is 10.6 Å². The average molecular weight is 476 g/mol. The van der Waals surface area contributed by atoms with Crippen LogP contribution in [0.25, 0.3) is 0 Å². The first-order valence-electron chi connectivity index (χ1n) is 11.3. The quantitative estimate of drug-likeness (QED) is 0.543. The summed E-state index contributed by atoms with van der Waals surface area (Å²) in [6.45, 7) is 3.40. The lowest BCUT2D eigenvalue weighted by Crippen LogP contribution is -2.37. The largest absolute Gasteiger partial charge is 0.354 e. The van der Waals surface area contributed by atoms with E-state index < -0.39 is 0 Å². The van der Waals surface area contributed by atoms with Crippen LogP contribution in [0.1, 0.15) is 65.8 Å². The summed E-state index contributed by atoms with van der Waals surface area (Å²) in [7, 11) is 0. The molecular formula is C26H26ClN5O2. The third-order valence-electron chi connectivity index (χ3n) is 5.85. The molecular weight excluding hydrogens is 450 g/mol. The molecule has 2 aromatic heterocycles. The van der Waals surface area contributed by atoms with E-state index in [0.29, 0.717) is 16.5 Å². The van der Waals surface area contributed by atoms with Crippen molar-refractivity contribution in [2.24, 2.45) is 0 Å². The Morgan fingerprint density at radius 2 is 1.76 bits per heavy atom. The van der Waals surface area contributed by atoms with Gasteiger partial charge >= 0.3 is 0 Å². The number of hydrogen-bond donors (Lipinski definition) is 2. The number of halogens is 1. The van der Waals surface area contributed by atoms with E-state index in [0.717, 1.165) is 42.4 Å². The van der Waals surface area contributed by atoms with Crippen LogP contribution in [0.5, 0.6) is 0 Å². The molecule has 1 aromatic carbocycles. The van der Waals surface area contributed by atoms with Gasteiger partial charge in [-0.25, -0.2) is 4.98 Å². The van der Waals surface area contributed by atoms with Crippen LogP contribution in [0.15, 0.2) is 48.8 Å². The maximum absolute atomic E-state index is 13.1. The number of aryl methyl sites for hydroxylation is 1. The van der Waals surface area contributed by atoms with E-state index in [1.54, 1.807) is 10.9 Å². The molecule has 0 radical (unpaired) electrons. The zero-order chi connectivity index (χ0) is 24.1. The lowest BCUT2D eigenvalue weighted by Gasteiger charge is -2.29. The molecule has 3 aromatic rings. The number of nitrogens with one attached hydrogen (secondary N) is 2. The van der Waals surface area contributed by atoms with Gasteiger partial charge in [-0.3, -0.25) is 14.3 Å². The van der Waals surface area contributed by atoms with E-state index in [-0.39, 0.29) is 23.9 Å². The molecule has 0 unspecified atom stereocenters. The standard InChI is InChI=1S/C26H26ClN5O2/c1-17-14-20(9-8-19-6-4-3-5-7-19)15-28-25(17)31-26(34)24-23(27)16-29-32(24)22-12-10-21(11-13-22)30-18(2)33/h3-7,14-16,21-22H,10-13H2,1-2H3,(H,30,33)(H,28,31,34).